The summed E-state index contributed by atoms with van der Waals surface area (Å²) in [5, 5.41) is 1.86. The van der Waals surface area contributed by atoms with Gasteiger partial charge in [0.15, 0.2) is 5.78 Å². The van der Waals surface area contributed by atoms with Gasteiger partial charge < -0.3 is 0 Å². The Morgan fingerprint density at radius 2 is 1.95 bits per heavy atom. The van der Waals surface area contributed by atoms with Crippen molar-refractivity contribution in [2.75, 3.05) is 0 Å². The van der Waals surface area contributed by atoms with Gasteiger partial charge in [0.1, 0.15) is 5.82 Å². The summed E-state index contributed by atoms with van der Waals surface area (Å²) in [7, 11) is 0. The maximum absolute atomic E-state index is 14.1. The van der Waals surface area contributed by atoms with E-state index in [1.165, 1.54) is 19.1 Å². The highest BCUT2D eigenvalue weighted by Crippen LogP contribution is 2.30. The molecule has 0 aliphatic rings. The number of fused-ring (bicyclic) bond motifs is 1. The number of halogens is 1. The van der Waals surface area contributed by atoms with E-state index in [4.69, 9.17) is 0 Å². The van der Waals surface area contributed by atoms with Crippen LogP contribution in [0.2, 0.25) is 0 Å². The van der Waals surface area contributed by atoms with Gasteiger partial charge in [0.2, 0.25) is 0 Å². The van der Waals surface area contributed by atoms with Crippen molar-refractivity contribution in [2.24, 2.45) is 0 Å². The fourth-order valence-corrected chi connectivity index (χ4v) is 2.31. The van der Waals surface area contributed by atoms with Gasteiger partial charge in [-0.3, -0.25) is 9.78 Å². The third kappa shape index (κ3) is 2.07. The SMILES string of the molecule is CC(=O)c1ccc(F)c(-c2cccc3cnccc23)c1. The lowest BCUT2D eigenvalue weighted by molar-refractivity contribution is 0.101. The predicted octanol–water partition coefficient (Wildman–Crippen LogP) is 4.24. The molecule has 3 heteroatoms. The monoisotopic (exact) mass is 265 g/mol. The highest BCUT2D eigenvalue weighted by Gasteiger charge is 2.11. The first-order valence-corrected chi connectivity index (χ1v) is 6.30. The highest BCUT2D eigenvalue weighted by atomic mass is 19.1. The van der Waals surface area contributed by atoms with Crippen LogP contribution in [0.25, 0.3) is 21.9 Å². The molecule has 0 N–H and O–H groups in total. The molecular weight excluding hydrogens is 253 g/mol. The number of carbonyl (C=O) groups excluding carboxylic acids is 1. The third-order valence-corrected chi connectivity index (χ3v) is 3.34. The average Bonchev–Trinajstić information content (AvgIpc) is 2.47. The molecule has 2 nitrogen and oxygen atoms in total. The van der Waals surface area contributed by atoms with Gasteiger partial charge in [-0.1, -0.05) is 18.2 Å². The summed E-state index contributed by atoms with van der Waals surface area (Å²) in [4.78, 5) is 15.5. The maximum Gasteiger partial charge on any atom is 0.159 e. The molecule has 20 heavy (non-hydrogen) atoms. The van der Waals surface area contributed by atoms with E-state index in [1.807, 2.05) is 24.3 Å². The van der Waals surface area contributed by atoms with Crippen molar-refractivity contribution in [1.29, 1.82) is 0 Å². The Hall–Kier alpha value is -2.55. The lowest BCUT2D eigenvalue weighted by Gasteiger charge is -2.09. The smallest absolute Gasteiger partial charge is 0.159 e. The molecule has 1 aromatic heterocycles. The number of pyridine rings is 1. The number of hydrogen-bond acceptors (Lipinski definition) is 2. The van der Waals surface area contributed by atoms with E-state index in [1.54, 1.807) is 18.5 Å². The van der Waals surface area contributed by atoms with Crippen molar-refractivity contribution in [1.82, 2.24) is 4.98 Å². The van der Waals surface area contributed by atoms with Gasteiger partial charge in [-0.25, -0.2) is 4.39 Å². The van der Waals surface area contributed by atoms with Gasteiger partial charge in [-0.05, 0) is 42.1 Å². The molecule has 98 valence electrons. The third-order valence-electron chi connectivity index (χ3n) is 3.34. The number of rotatable bonds is 2. The molecule has 0 saturated carbocycles. The summed E-state index contributed by atoms with van der Waals surface area (Å²) in [5.41, 5.74) is 1.72. The Bertz CT molecular complexity index is 806. The fraction of sp³-hybridized carbons (Fsp3) is 0.0588. The molecule has 0 aliphatic carbocycles. The van der Waals surface area contributed by atoms with Crippen molar-refractivity contribution >= 4 is 16.6 Å². The number of hydrogen-bond donors (Lipinski definition) is 0. The second-order valence-electron chi connectivity index (χ2n) is 4.65. The molecule has 0 fully saturated rings. The Morgan fingerprint density at radius 1 is 1.10 bits per heavy atom. The number of ketones is 1. The van der Waals surface area contributed by atoms with Gasteiger partial charge in [0.05, 0.1) is 0 Å². The van der Waals surface area contributed by atoms with Crippen molar-refractivity contribution in [3.8, 4) is 11.1 Å². The second kappa shape index (κ2) is 4.85. The summed E-state index contributed by atoms with van der Waals surface area (Å²) in [6, 6.07) is 11.9. The number of carbonyl (C=O) groups is 1. The van der Waals surface area contributed by atoms with Gasteiger partial charge >= 0.3 is 0 Å². The minimum Gasteiger partial charge on any atom is -0.295 e. The van der Waals surface area contributed by atoms with Crippen molar-refractivity contribution in [3.63, 3.8) is 0 Å². The molecule has 0 amide bonds. The summed E-state index contributed by atoms with van der Waals surface area (Å²) >= 11 is 0. The fourth-order valence-electron chi connectivity index (χ4n) is 2.31. The first-order valence-electron chi connectivity index (χ1n) is 6.30. The minimum atomic E-state index is -0.334. The second-order valence-corrected chi connectivity index (χ2v) is 4.65. The van der Waals surface area contributed by atoms with E-state index >= 15 is 0 Å². The molecule has 0 aliphatic heterocycles. The zero-order valence-electron chi connectivity index (χ0n) is 10.9. The first kappa shape index (κ1) is 12.5. The predicted molar refractivity (Wildman–Crippen MR) is 77.1 cm³/mol. The van der Waals surface area contributed by atoms with Gasteiger partial charge in [0, 0.05) is 28.9 Å². The first-order chi connectivity index (χ1) is 9.66. The highest BCUT2D eigenvalue weighted by molar-refractivity contribution is 5.99. The van der Waals surface area contributed by atoms with Crippen molar-refractivity contribution in [2.45, 2.75) is 6.92 Å². The Labute approximate surface area is 115 Å². The minimum absolute atomic E-state index is 0.0758. The van der Waals surface area contributed by atoms with Crippen LogP contribution < -0.4 is 0 Å². The Morgan fingerprint density at radius 3 is 2.75 bits per heavy atom. The molecule has 0 unspecified atom stereocenters. The summed E-state index contributed by atoms with van der Waals surface area (Å²) in [6.07, 6.45) is 3.42. The molecule has 0 spiro atoms. The molecule has 0 radical (unpaired) electrons. The van der Waals surface area contributed by atoms with Crippen LogP contribution in [0.15, 0.2) is 54.9 Å². The van der Waals surface area contributed by atoms with Crippen molar-refractivity contribution in [3.05, 3.63) is 66.2 Å². The number of aromatic nitrogens is 1. The molecule has 3 aromatic rings. The molecule has 0 atom stereocenters. The summed E-state index contributed by atoms with van der Waals surface area (Å²) < 4.78 is 14.1. The normalized spacial score (nSPS) is 10.7. The van der Waals surface area contributed by atoms with Crippen molar-refractivity contribution < 1.29 is 9.18 Å². The molecule has 1 heterocycles. The summed E-state index contributed by atoms with van der Waals surface area (Å²) in [5.74, 6) is -0.410. The zero-order chi connectivity index (χ0) is 14.1. The maximum atomic E-state index is 14.1. The van der Waals surface area contributed by atoms with E-state index in [0.29, 0.717) is 11.1 Å². The quantitative estimate of drug-likeness (QED) is 0.648. The molecule has 3 rings (SSSR count). The zero-order valence-corrected chi connectivity index (χ0v) is 10.9. The van der Waals surface area contributed by atoms with E-state index in [2.05, 4.69) is 4.98 Å². The lowest BCUT2D eigenvalue weighted by atomic mass is 9.97. The topological polar surface area (TPSA) is 30.0 Å². The molecular formula is C17H12FNO. The summed E-state index contributed by atoms with van der Waals surface area (Å²) in [6.45, 7) is 1.48. The van der Waals surface area contributed by atoms with Crippen LogP contribution in [0.4, 0.5) is 4.39 Å². The average molecular weight is 265 g/mol. The lowest BCUT2D eigenvalue weighted by Crippen LogP contribution is -1.95. The van der Waals surface area contributed by atoms with Gasteiger partial charge in [-0.15, -0.1) is 0 Å². The molecule has 0 saturated heterocycles. The molecule has 0 bridgehead atoms. The van der Waals surface area contributed by atoms with Crippen LogP contribution in [0.1, 0.15) is 17.3 Å². The van der Waals surface area contributed by atoms with Gasteiger partial charge in [0.25, 0.3) is 0 Å². The van der Waals surface area contributed by atoms with E-state index in [0.717, 1.165) is 16.3 Å². The van der Waals surface area contributed by atoms with Crippen LogP contribution in [0.5, 0.6) is 0 Å². The van der Waals surface area contributed by atoms with E-state index < -0.39 is 0 Å². The van der Waals surface area contributed by atoms with E-state index in [9.17, 15) is 9.18 Å². The standard InChI is InChI=1S/C17H12FNO/c1-11(20)12-5-6-17(18)16(9-12)15-4-2-3-13-10-19-8-7-14(13)15/h2-10H,1H3. The molecule has 2 aromatic carbocycles. The van der Waals surface area contributed by atoms with Gasteiger partial charge in [-0.2, -0.15) is 0 Å². The Balaban J connectivity index is 2.30. The number of benzene rings is 2. The van der Waals surface area contributed by atoms with Crippen LogP contribution >= 0.6 is 0 Å². The van der Waals surface area contributed by atoms with Crippen LogP contribution in [-0.4, -0.2) is 10.8 Å². The number of nitrogens with zero attached hydrogens (tertiary/aromatic N) is 1. The van der Waals surface area contributed by atoms with Crippen LogP contribution in [0.3, 0.4) is 0 Å². The van der Waals surface area contributed by atoms with Crippen LogP contribution in [0, 0.1) is 5.82 Å². The largest absolute Gasteiger partial charge is 0.295 e. The Kier molecular flexibility index (Phi) is 3.03. The van der Waals surface area contributed by atoms with Crippen LogP contribution in [-0.2, 0) is 0 Å². The van der Waals surface area contributed by atoms with E-state index in [-0.39, 0.29) is 11.6 Å². The number of Topliss-reactive ketones (excluding diaryl/α,β-unsaturated/α-hetero) is 1.